The van der Waals surface area contributed by atoms with Crippen molar-refractivity contribution in [3.05, 3.63) is 64.7 Å². The predicted octanol–water partition coefficient (Wildman–Crippen LogP) is 4.55. The van der Waals surface area contributed by atoms with Crippen molar-refractivity contribution >= 4 is 11.7 Å². The van der Waals surface area contributed by atoms with Crippen LogP contribution in [0.2, 0.25) is 0 Å². The molecule has 4 heteroatoms. The zero-order valence-corrected chi connectivity index (χ0v) is 14.7. The van der Waals surface area contributed by atoms with Crippen LogP contribution in [0.15, 0.2) is 42.5 Å². The van der Waals surface area contributed by atoms with Crippen molar-refractivity contribution in [2.45, 2.75) is 40.3 Å². The molecule has 0 radical (unpaired) electrons. The molecule has 0 heterocycles. The topological polar surface area (TPSA) is 50.4 Å². The lowest BCUT2D eigenvalue weighted by Gasteiger charge is -2.14. The molecule has 4 nitrogen and oxygen atoms in total. The van der Waals surface area contributed by atoms with Gasteiger partial charge in [0, 0.05) is 18.8 Å². The van der Waals surface area contributed by atoms with Gasteiger partial charge < -0.3 is 15.4 Å². The van der Waals surface area contributed by atoms with Gasteiger partial charge in [0.25, 0.3) is 0 Å². The van der Waals surface area contributed by atoms with Crippen molar-refractivity contribution in [2.75, 3.05) is 11.9 Å². The van der Waals surface area contributed by atoms with Gasteiger partial charge in [-0.15, -0.1) is 0 Å². The predicted molar refractivity (Wildman–Crippen MR) is 98.2 cm³/mol. The van der Waals surface area contributed by atoms with Crippen LogP contribution in [0.5, 0.6) is 0 Å². The van der Waals surface area contributed by atoms with E-state index in [1.54, 1.807) is 0 Å². The van der Waals surface area contributed by atoms with Gasteiger partial charge in [-0.3, -0.25) is 0 Å². The molecule has 2 N–H and O–H groups in total. The molecule has 0 aliphatic carbocycles. The molecule has 0 aliphatic heterocycles. The van der Waals surface area contributed by atoms with Gasteiger partial charge in [0.2, 0.25) is 0 Å². The fourth-order valence-electron chi connectivity index (χ4n) is 2.54. The fourth-order valence-corrected chi connectivity index (χ4v) is 2.54. The van der Waals surface area contributed by atoms with Gasteiger partial charge >= 0.3 is 6.03 Å². The van der Waals surface area contributed by atoms with E-state index in [9.17, 15) is 4.79 Å². The van der Waals surface area contributed by atoms with Gasteiger partial charge in [-0.2, -0.15) is 0 Å². The highest BCUT2D eigenvalue weighted by Crippen LogP contribution is 2.19. The SMILES string of the molecule is CCCOCc1ccccc1CNC(=O)Nc1c(C)cccc1C. The third kappa shape index (κ3) is 5.10. The van der Waals surface area contributed by atoms with Crippen LogP contribution in [-0.2, 0) is 17.9 Å². The quantitative estimate of drug-likeness (QED) is 0.733. The summed E-state index contributed by atoms with van der Waals surface area (Å²) in [6.07, 6.45) is 0.999. The van der Waals surface area contributed by atoms with Crippen LogP contribution in [0, 0.1) is 13.8 Å². The van der Waals surface area contributed by atoms with Crippen molar-refractivity contribution in [3.8, 4) is 0 Å². The van der Waals surface area contributed by atoms with Gasteiger partial charge in [-0.05, 0) is 42.5 Å². The van der Waals surface area contributed by atoms with E-state index in [-0.39, 0.29) is 6.03 Å². The van der Waals surface area contributed by atoms with E-state index in [1.807, 2.05) is 56.3 Å². The Morgan fingerprint density at radius 1 is 1.00 bits per heavy atom. The number of para-hydroxylation sites is 1. The number of rotatable bonds is 7. The number of ether oxygens (including phenoxy) is 1. The molecule has 2 aromatic carbocycles. The highest BCUT2D eigenvalue weighted by atomic mass is 16.5. The largest absolute Gasteiger partial charge is 0.377 e. The molecule has 0 saturated heterocycles. The fraction of sp³-hybridized carbons (Fsp3) is 0.350. The number of hydrogen-bond acceptors (Lipinski definition) is 2. The van der Waals surface area contributed by atoms with E-state index in [0.717, 1.165) is 41.0 Å². The molecule has 128 valence electrons. The number of hydrogen-bond donors (Lipinski definition) is 2. The Kier molecular flexibility index (Phi) is 6.82. The van der Waals surface area contributed by atoms with E-state index in [0.29, 0.717) is 13.2 Å². The second kappa shape index (κ2) is 9.08. The summed E-state index contributed by atoms with van der Waals surface area (Å²) < 4.78 is 5.62. The minimum absolute atomic E-state index is 0.198. The highest BCUT2D eigenvalue weighted by molar-refractivity contribution is 5.90. The van der Waals surface area contributed by atoms with Crippen molar-refractivity contribution in [3.63, 3.8) is 0 Å². The molecule has 2 amide bonds. The van der Waals surface area contributed by atoms with Gasteiger partial charge in [0.05, 0.1) is 6.61 Å². The lowest BCUT2D eigenvalue weighted by atomic mass is 10.1. The van der Waals surface area contributed by atoms with E-state index in [4.69, 9.17) is 4.74 Å². The van der Waals surface area contributed by atoms with Crippen LogP contribution in [0.1, 0.15) is 35.6 Å². The maximum absolute atomic E-state index is 12.2. The van der Waals surface area contributed by atoms with Crippen molar-refractivity contribution < 1.29 is 9.53 Å². The summed E-state index contributed by atoms with van der Waals surface area (Å²) in [6.45, 7) is 7.86. The standard InChI is InChI=1S/C20H26N2O2/c1-4-12-24-14-18-11-6-5-10-17(18)13-21-20(23)22-19-15(2)8-7-9-16(19)3/h5-11H,4,12-14H2,1-3H3,(H2,21,22,23). The molecule has 0 atom stereocenters. The molecular weight excluding hydrogens is 300 g/mol. The van der Waals surface area contributed by atoms with Crippen LogP contribution in [-0.4, -0.2) is 12.6 Å². The normalized spacial score (nSPS) is 10.5. The number of aryl methyl sites for hydroxylation is 2. The van der Waals surface area contributed by atoms with Crippen LogP contribution in [0.4, 0.5) is 10.5 Å². The zero-order valence-electron chi connectivity index (χ0n) is 14.7. The lowest BCUT2D eigenvalue weighted by Crippen LogP contribution is -2.29. The summed E-state index contributed by atoms with van der Waals surface area (Å²) >= 11 is 0. The molecule has 0 fully saturated rings. The van der Waals surface area contributed by atoms with Gasteiger partial charge in [-0.1, -0.05) is 49.4 Å². The molecule has 0 unspecified atom stereocenters. The minimum Gasteiger partial charge on any atom is -0.377 e. The van der Waals surface area contributed by atoms with Gasteiger partial charge in [0.1, 0.15) is 0 Å². The number of carbonyl (C=O) groups is 1. The summed E-state index contributed by atoms with van der Waals surface area (Å²) in [7, 11) is 0. The number of nitrogens with one attached hydrogen (secondary N) is 2. The summed E-state index contributed by atoms with van der Waals surface area (Å²) in [5, 5.41) is 5.87. The Balaban J connectivity index is 1.94. The van der Waals surface area contributed by atoms with E-state index < -0.39 is 0 Å². The van der Waals surface area contributed by atoms with Crippen LogP contribution < -0.4 is 10.6 Å². The van der Waals surface area contributed by atoms with Crippen molar-refractivity contribution in [1.29, 1.82) is 0 Å². The Bertz CT molecular complexity index is 663. The van der Waals surface area contributed by atoms with E-state index >= 15 is 0 Å². The van der Waals surface area contributed by atoms with Crippen LogP contribution in [0.25, 0.3) is 0 Å². The molecular formula is C20H26N2O2. The number of anilines is 1. The lowest BCUT2D eigenvalue weighted by molar-refractivity contribution is 0.121. The Morgan fingerprint density at radius 2 is 1.67 bits per heavy atom. The molecule has 2 aromatic rings. The Hall–Kier alpha value is -2.33. The third-order valence-electron chi connectivity index (χ3n) is 3.88. The first kappa shape index (κ1) is 18.0. The molecule has 2 rings (SSSR count). The summed E-state index contributed by atoms with van der Waals surface area (Å²) in [4.78, 5) is 12.2. The second-order valence-electron chi connectivity index (χ2n) is 5.90. The second-order valence-corrected chi connectivity index (χ2v) is 5.90. The average Bonchev–Trinajstić information content (AvgIpc) is 2.58. The Morgan fingerprint density at radius 3 is 2.33 bits per heavy atom. The van der Waals surface area contributed by atoms with Crippen molar-refractivity contribution in [2.24, 2.45) is 0 Å². The van der Waals surface area contributed by atoms with Crippen LogP contribution in [0.3, 0.4) is 0 Å². The van der Waals surface area contributed by atoms with Crippen LogP contribution >= 0.6 is 0 Å². The average molecular weight is 326 g/mol. The molecule has 0 aliphatic rings. The molecule has 24 heavy (non-hydrogen) atoms. The van der Waals surface area contributed by atoms with E-state index in [1.165, 1.54) is 0 Å². The minimum atomic E-state index is -0.198. The third-order valence-corrected chi connectivity index (χ3v) is 3.88. The number of amides is 2. The summed E-state index contributed by atoms with van der Waals surface area (Å²) in [5.74, 6) is 0. The highest BCUT2D eigenvalue weighted by Gasteiger charge is 2.08. The summed E-state index contributed by atoms with van der Waals surface area (Å²) in [6, 6.07) is 13.8. The van der Waals surface area contributed by atoms with Gasteiger partial charge in [0.15, 0.2) is 0 Å². The molecule has 0 aromatic heterocycles. The van der Waals surface area contributed by atoms with Crippen molar-refractivity contribution in [1.82, 2.24) is 5.32 Å². The maximum Gasteiger partial charge on any atom is 0.319 e. The smallest absolute Gasteiger partial charge is 0.319 e. The number of urea groups is 1. The molecule has 0 saturated carbocycles. The monoisotopic (exact) mass is 326 g/mol. The number of carbonyl (C=O) groups excluding carboxylic acids is 1. The van der Waals surface area contributed by atoms with E-state index in [2.05, 4.69) is 17.6 Å². The van der Waals surface area contributed by atoms with Gasteiger partial charge in [-0.25, -0.2) is 4.79 Å². The first-order valence-electron chi connectivity index (χ1n) is 8.37. The summed E-state index contributed by atoms with van der Waals surface area (Å²) in [5.41, 5.74) is 5.16. The molecule has 0 spiro atoms. The maximum atomic E-state index is 12.2. The number of benzene rings is 2. The Labute approximate surface area is 144 Å². The molecule has 0 bridgehead atoms. The zero-order chi connectivity index (χ0) is 17.4. The first-order chi connectivity index (χ1) is 11.6. The first-order valence-corrected chi connectivity index (χ1v) is 8.37.